The molecule has 0 spiro atoms. The normalized spacial score (nSPS) is 11.7. The van der Waals surface area contributed by atoms with Crippen molar-refractivity contribution in [2.24, 2.45) is 0 Å². The first-order chi connectivity index (χ1) is 17.9. The van der Waals surface area contributed by atoms with Crippen molar-refractivity contribution in [1.82, 2.24) is 10.6 Å². The average molecular weight is 557 g/mol. The van der Waals surface area contributed by atoms with E-state index in [4.69, 9.17) is 42.1 Å². The molecule has 0 unspecified atom stereocenters. The lowest BCUT2D eigenvalue weighted by Crippen LogP contribution is -2.43. The molecular formula is C26H34Cl2N2O7. The largest absolute Gasteiger partial charge is 0.505 e. The number of rotatable bonds is 17. The number of carbonyl (C=O) groups excluding carboxylic acids is 2. The number of nitrogens with one attached hydrogen (secondary N) is 2. The Balaban J connectivity index is 2.11. The van der Waals surface area contributed by atoms with Crippen molar-refractivity contribution >= 4 is 35.1 Å². The van der Waals surface area contributed by atoms with Gasteiger partial charge in [-0.3, -0.25) is 4.79 Å². The summed E-state index contributed by atoms with van der Waals surface area (Å²) in [5.41, 5.74) is 0.620. The molecule has 1 atom stereocenters. The smallest absolute Gasteiger partial charge is 0.329 e. The molecule has 1 amide bonds. The van der Waals surface area contributed by atoms with Gasteiger partial charge in [0.25, 0.3) is 5.91 Å². The fourth-order valence-electron chi connectivity index (χ4n) is 3.30. The summed E-state index contributed by atoms with van der Waals surface area (Å²) in [7, 11) is 3.42. The van der Waals surface area contributed by atoms with Gasteiger partial charge in [-0.1, -0.05) is 53.5 Å². The number of methoxy groups -OCH3 is 1. The number of hydrogen-bond acceptors (Lipinski definition) is 8. The van der Waals surface area contributed by atoms with Crippen molar-refractivity contribution in [3.05, 3.63) is 57.6 Å². The Kier molecular flexibility index (Phi) is 14.1. The molecule has 0 saturated carbocycles. The van der Waals surface area contributed by atoms with Crippen LogP contribution >= 0.6 is 23.2 Å². The van der Waals surface area contributed by atoms with E-state index in [1.54, 1.807) is 7.11 Å². The first-order valence-corrected chi connectivity index (χ1v) is 12.7. The van der Waals surface area contributed by atoms with E-state index in [1.807, 2.05) is 37.4 Å². The molecular weight excluding hydrogens is 523 g/mol. The van der Waals surface area contributed by atoms with Gasteiger partial charge in [0.05, 0.1) is 37.0 Å². The highest BCUT2D eigenvalue weighted by molar-refractivity contribution is 6.39. The Bertz CT molecular complexity index is 993. The van der Waals surface area contributed by atoms with Crippen LogP contribution in [0.5, 0.6) is 11.5 Å². The van der Waals surface area contributed by atoms with Crippen LogP contribution in [0.2, 0.25) is 10.0 Å². The molecule has 9 nitrogen and oxygen atoms in total. The summed E-state index contributed by atoms with van der Waals surface area (Å²) < 4.78 is 21.1. The van der Waals surface area contributed by atoms with Crippen molar-refractivity contribution in [2.75, 3.05) is 53.7 Å². The molecule has 204 valence electrons. The van der Waals surface area contributed by atoms with Gasteiger partial charge in [-0.05, 0) is 38.1 Å². The molecule has 0 heterocycles. The van der Waals surface area contributed by atoms with Gasteiger partial charge in [0.1, 0.15) is 17.7 Å². The van der Waals surface area contributed by atoms with Crippen LogP contribution in [0.4, 0.5) is 0 Å². The van der Waals surface area contributed by atoms with E-state index in [1.165, 1.54) is 6.07 Å². The molecule has 0 aliphatic carbocycles. The summed E-state index contributed by atoms with van der Waals surface area (Å²) in [6.45, 7) is 2.16. The molecule has 11 heteroatoms. The third-order valence-corrected chi connectivity index (χ3v) is 5.87. The summed E-state index contributed by atoms with van der Waals surface area (Å²) in [5.74, 6) is -1.79. The average Bonchev–Trinajstić information content (AvgIpc) is 2.89. The fourth-order valence-corrected chi connectivity index (χ4v) is 3.86. The summed E-state index contributed by atoms with van der Waals surface area (Å²) in [6, 6.07) is 9.38. The van der Waals surface area contributed by atoms with Gasteiger partial charge in [0.2, 0.25) is 0 Å². The Hall–Kier alpha value is -2.56. The standard InChI is InChI=1S/C26H34Cl2N2O7/c1-29-10-6-7-11-36-24-20(27)17-19(23(31)22(24)28)25(32)30-21(16-18-8-4-3-5-9-18)26(33)37-15-14-35-13-12-34-2/h3-5,8-9,17,21,29,31H,6-7,10-16H2,1-2H3,(H,30,32)/t21-/m0/s1. The van der Waals surface area contributed by atoms with E-state index < -0.39 is 23.7 Å². The predicted molar refractivity (Wildman–Crippen MR) is 142 cm³/mol. The minimum Gasteiger partial charge on any atom is -0.505 e. The lowest BCUT2D eigenvalue weighted by molar-refractivity contribution is -0.147. The van der Waals surface area contributed by atoms with Gasteiger partial charge in [-0.2, -0.15) is 0 Å². The van der Waals surface area contributed by atoms with Crippen molar-refractivity contribution in [2.45, 2.75) is 25.3 Å². The number of phenolic OH excluding ortho intramolecular Hbond substituents is 1. The van der Waals surface area contributed by atoms with Gasteiger partial charge in [-0.15, -0.1) is 0 Å². The van der Waals surface area contributed by atoms with Crippen LogP contribution in [-0.2, 0) is 25.4 Å². The summed E-state index contributed by atoms with van der Waals surface area (Å²) in [5, 5.41) is 16.2. The molecule has 0 aliphatic rings. The number of ether oxygens (including phenoxy) is 4. The zero-order chi connectivity index (χ0) is 27.0. The van der Waals surface area contributed by atoms with Crippen molar-refractivity contribution < 1.29 is 33.6 Å². The number of halogens is 2. The Morgan fingerprint density at radius 2 is 1.76 bits per heavy atom. The van der Waals surface area contributed by atoms with Gasteiger partial charge >= 0.3 is 5.97 Å². The second-order valence-electron chi connectivity index (χ2n) is 8.05. The van der Waals surface area contributed by atoms with Gasteiger partial charge < -0.3 is 34.7 Å². The zero-order valence-corrected chi connectivity index (χ0v) is 22.6. The van der Waals surface area contributed by atoms with Crippen molar-refractivity contribution in [3.63, 3.8) is 0 Å². The molecule has 0 bridgehead atoms. The highest BCUT2D eigenvalue weighted by Crippen LogP contribution is 2.42. The molecule has 2 aromatic carbocycles. The van der Waals surface area contributed by atoms with E-state index in [9.17, 15) is 14.7 Å². The molecule has 2 rings (SSSR count). The summed E-state index contributed by atoms with van der Waals surface area (Å²) in [6.07, 6.45) is 1.81. The monoisotopic (exact) mass is 556 g/mol. The van der Waals surface area contributed by atoms with Gasteiger partial charge in [0.15, 0.2) is 11.5 Å². The maximum atomic E-state index is 13.1. The maximum absolute atomic E-state index is 13.1. The number of hydrogen-bond donors (Lipinski definition) is 3. The number of carbonyl (C=O) groups is 2. The van der Waals surface area contributed by atoms with E-state index in [2.05, 4.69) is 10.6 Å². The van der Waals surface area contributed by atoms with Crippen LogP contribution in [0.1, 0.15) is 28.8 Å². The molecule has 0 aliphatic heterocycles. The number of aromatic hydroxyl groups is 1. The van der Waals surface area contributed by atoms with Crippen LogP contribution in [-0.4, -0.2) is 76.8 Å². The number of esters is 1. The third-order valence-electron chi connectivity index (χ3n) is 5.24. The van der Waals surface area contributed by atoms with Crippen LogP contribution < -0.4 is 15.4 Å². The summed E-state index contributed by atoms with van der Waals surface area (Å²) in [4.78, 5) is 25.9. The van der Waals surface area contributed by atoms with E-state index in [0.29, 0.717) is 19.8 Å². The Morgan fingerprint density at radius 1 is 1.03 bits per heavy atom. The highest BCUT2D eigenvalue weighted by atomic mass is 35.5. The number of amides is 1. The van der Waals surface area contributed by atoms with Crippen molar-refractivity contribution in [1.29, 1.82) is 0 Å². The van der Waals surface area contributed by atoms with Gasteiger partial charge in [0, 0.05) is 13.5 Å². The SMILES string of the molecule is CNCCCCOc1c(Cl)cc(C(=O)N[C@@H](Cc2ccccc2)C(=O)OCCOCCOC)c(O)c1Cl. The molecule has 0 radical (unpaired) electrons. The van der Waals surface area contributed by atoms with E-state index >= 15 is 0 Å². The van der Waals surface area contributed by atoms with Crippen LogP contribution in [0, 0.1) is 0 Å². The zero-order valence-electron chi connectivity index (χ0n) is 21.1. The number of phenols is 1. The van der Waals surface area contributed by atoms with E-state index in [0.717, 1.165) is 24.9 Å². The lowest BCUT2D eigenvalue weighted by Gasteiger charge is -2.19. The predicted octanol–water partition coefficient (Wildman–Crippen LogP) is 3.62. The lowest BCUT2D eigenvalue weighted by atomic mass is 10.1. The van der Waals surface area contributed by atoms with Crippen LogP contribution in [0.15, 0.2) is 36.4 Å². The van der Waals surface area contributed by atoms with Gasteiger partial charge in [-0.25, -0.2) is 4.79 Å². The first-order valence-electron chi connectivity index (χ1n) is 12.0. The second kappa shape index (κ2) is 17.0. The molecule has 0 aromatic heterocycles. The molecule has 2 aromatic rings. The number of unbranched alkanes of at least 4 members (excludes halogenated alkanes) is 1. The fraction of sp³-hybridized carbons (Fsp3) is 0.462. The third kappa shape index (κ3) is 10.4. The Morgan fingerprint density at radius 3 is 2.46 bits per heavy atom. The molecule has 37 heavy (non-hydrogen) atoms. The quantitative estimate of drug-likeness (QED) is 0.200. The number of benzene rings is 2. The van der Waals surface area contributed by atoms with Crippen LogP contribution in [0.3, 0.4) is 0 Å². The molecule has 0 saturated heterocycles. The Labute approximate surface area is 227 Å². The maximum Gasteiger partial charge on any atom is 0.329 e. The molecule has 0 fully saturated rings. The molecule has 3 N–H and O–H groups in total. The second-order valence-corrected chi connectivity index (χ2v) is 8.83. The minimum absolute atomic E-state index is 0.00691. The van der Waals surface area contributed by atoms with Crippen molar-refractivity contribution in [3.8, 4) is 11.5 Å². The summed E-state index contributed by atoms with van der Waals surface area (Å²) >= 11 is 12.6. The first kappa shape index (κ1) is 30.7. The van der Waals surface area contributed by atoms with E-state index in [-0.39, 0.29) is 41.0 Å². The van der Waals surface area contributed by atoms with Crippen LogP contribution in [0.25, 0.3) is 0 Å². The minimum atomic E-state index is -1.03. The highest BCUT2D eigenvalue weighted by Gasteiger charge is 2.27. The topological polar surface area (TPSA) is 115 Å².